The van der Waals surface area contributed by atoms with E-state index >= 15 is 0 Å². The first-order valence-electron chi connectivity index (χ1n) is 4.54. The van der Waals surface area contributed by atoms with Crippen LogP contribution in [-0.2, 0) is 0 Å². The van der Waals surface area contributed by atoms with Gasteiger partial charge in [-0.2, -0.15) is 0 Å². The molecule has 2 aromatic rings. The van der Waals surface area contributed by atoms with Crippen molar-refractivity contribution in [1.29, 1.82) is 0 Å². The first kappa shape index (κ1) is 11.2. The van der Waals surface area contributed by atoms with Crippen molar-refractivity contribution in [2.24, 2.45) is 0 Å². The van der Waals surface area contributed by atoms with Gasteiger partial charge in [-0.3, -0.25) is 0 Å². The molecule has 0 unspecified atom stereocenters. The van der Waals surface area contributed by atoms with Gasteiger partial charge in [0, 0.05) is 17.6 Å². The van der Waals surface area contributed by atoms with Gasteiger partial charge in [0.2, 0.25) is 0 Å². The van der Waals surface area contributed by atoms with Gasteiger partial charge in [0.05, 0.1) is 0 Å². The van der Waals surface area contributed by atoms with E-state index in [1.807, 2.05) is 13.0 Å². The minimum Gasteiger partial charge on any atom is -0.399 e. The van der Waals surface area contributed by atoms with E-state index in [1.165, 1.54) is 11.8 Å². The molecule has 0 aliphatic heterocycles. The average molecular weight is 253 g/mol. The maximum Gasteiger partial charge on any atom is 0.194 e. The Hall–Kier alpha value is -1.33. The Morgan fingerprint density at radius 1 is 1.31 bits per heavy atom. The van der Waals surface area contributed by atoms with Crippen LogP contribution in [0.1, 0.15) is 5.69 Å². The molecule has 0 saturated heterocycles. The molecule has 0 amide bonds. The molecule has 0 aliphatic rings. The Kier molecular flexibility index (Phi) is 3.26. The van der Waals surface area contributed by atoms with E-state index in [0.29, 0.717) is 21.0 Å². The van der Waals surface area contributed by atoms with Crippen molar-refractivity contribution in [3.63, 3.8) is 0 Å². The Labute approximate surface area is 102 Å². The number of aromatic nitrogens is 3. The topological polar surface area (TPSA) is 64.7 Å². The normalized spacial score (nSPS) is 10.4. The third-order valence-electron chi connectivity index (χ3n) is 1.76. The van der Waals surface area contributed by atoms with Gasteiger partial charge >= 0.3 is 0 Å². The lowest BCUT2D eigenvalue weighted by Crippen LogP contribution is -1.91. The molecule has 2 heterocycles. The van der Waals surface area contributed by atoms with Gasteiger partial charge in [-0.25, -0.2) is 15.0 Å². The Morgan fingerprint density at radius 2 is 2.12 bits per heavy atom. The van der Waals surface area contributed by atoms with E-state index in [4.69, 9.17) is 17.3 Å². The molecular formula is C10H9ClN4S. The van der Waals surface area contributed by atoms with Gasteiger partial charge in [0.25, 0.3) is 0 Å². The molecule has 2 aromatic heterocycles. The van der Waals surface area contributed by atoms with Crippen LogP contribution >= 0.6 is 23.4 Å². The minimum atomic E-state index is 0.371. The van der Waals surface area contributed by atoms with Crippen LogP contribution in [0.5, 0.6) is 0 Å². The molecule has 82 valence electrons. The quantitative estimate of drug-likeness (QED) is 0.657. The zero-order valence-corrected chi connectivity index (χ0v) is 10.1. The van der Waals surface area contributed by atoms with E-state index in [0.717, 1.165) is 5.69 Å². The summed E-state index contributed by atoms with van der Waals surface area (Å²) in [6, 6.07) is 5.18. The minimum absolute atomic E-state index is 0.371. The van der Waals surface area contributed by atoms with Gasteiger partial charge in [-0.15, -0.1) is 0 Å². The van der Waals surface area contributed by atoms with Crippen LogP contribution in [0.15, 0.2) is 34.6 Å². The third-order valence-corrected chi connectivity index (χ3v) is 2.75. The van der Waals surface area contributed by atoms with E-state index in [1.54, 1.807) is 18.3 Å². The predicted molar refractivity (Wildman–Crippen MR) is 64.6 cm³/mol. The third kappa shape index (κ3) is 2.84. The summed E-state index contributed by atoms with van der Waals surface area (Å²) in [6.07, 6.45) is 1.71. The van der Waals surface area contributed by atoms with Crippen LogP contribution in [-0.4, -0.2) is 15.0 Å². The zero-order chi connectivity index (χ0) is 11.5. The highest BCUT2D eigenvalue weighted by Crippen LogP contribution is 2.25. The average Bonchev–Trinajstić information content (AvgIpc) is 2.15. The second-order valence-corrected chi connectivity index (χ2v) is 4.52. The number of nitrogens with zero attached hydrogens (tertiary/aromatic N) is 3. The number of pyridine rings is 1. The standard InChI is InChI=1S/C10H9ClN4S/c1-6-2-3-13-10(14-6)16-9-5-7(12)4-8(11)15-9/h2-5H,1H3,(H2,12,15). The van der Waals surface area contributed by atoms with E-state index < -0.39 is 0 Å². The SMILES string of the molecule is Cc1ccnc(Sc2cc(N)cc(Cl)n2)n1. The second kappa shape index (κ2) is 4.67. The van der Waals surface area contributed by atoms with Crippen molar-refractivity contribution in [2.45, 2.75) is 17.1 Å². The summed E-state index contributed by atoms with van der Waals surface area (Å²) in [5.41, 5.74) is 7.15. The van der Waals surface area contributed by atoms with Crippen LogP contribution in [0, 0.1) is 6.92 Å². The number of halogens is 1. The highest BCUT2D eigenvalue weighted by Gasteiger charge is 2.04. The number of nitrogens with two attached hydrogens (primary N) is 1. The summed E-state index contributed by atoms with van der Waals surface area (Å²) >= 11 is 7.13. The highest BCUT2D eigenvalue weighted by atomic mass is 35.5. The van der Waals surface area contributed by atoms with Crippen LogP contribution in [0.3, 0.4) is 0 Å². The van der Waals surface area contributed by atoms with Crippen molar-refractivity contribution >= 4 is 29.1 Å². The lowest BCUT2D eigenvalue weighted by Gasteiger charge is -2.02. The van der Waals surface area contributed by atoms with Crippen LogP contribution in [0.4, 0.5) is 5.69 Å². The summed E-state index contributed by atoms with van der Waals surface area (Å²) in [5, 5.41) is 1.69. The monoisotopic (exact) mass is 252 g/mol. The fraction of sp³-hybridized carbons (Fsp3) is 0.100. The first-order valence-corrected chi connectivity index (χ1v) is 5.73. The van der Waals surface area contributed by atoms with Crippen LogP contribution < -0.4 is 5.73 Å². The molecule has 4 nitrogen and oxygen atoms in total. The summed E-state index contributed by atoms with van der Waals surface area (Å²) in [7, 11) is 0. The maximum atomic E-state index is 5.80. The molecular weight excluding hydrogens is 244 g/mol. The molecule has 0 aliphatic carbocycles. The molecule has 0 bridgehead atoms. The van der Waals surface area contributed by atoms with Crippen LogP contribution in [0.25, 0.3) is 0 Å². The Bertz CT molecular complexity index is 498. The smallest absolute Gasteiger partial charge is 0.194 e. The lowest BCUT2D eigenvalue weighted by molar-refractivity contribution is 0.928. The molecule has 0 radical (unpaired) electrons. The fourth-order valence-corrected chi connectivity index (χ4v) is 2.21. The van der Waals surface area contributed by atoms with Crippen molar-refractivity contribution in [3.05, 3.63) is 35.2 Å². The van der Waals surface area contributed by atoms with Crippen LogP contribution in [0.2, 0.25) is 5.15 Å². The summed E-state index contributed by atoms with van der Waals surface area (Å²) in [6.45, 7) is 1.91. The summed E-state index contributed by atoms with van der Waals surface area (Å²) in [4.78, 5) is 12.5. The maximum absolute atomic E-state index is 5.80. The number of hydrogen-bond donors (Lipinski definition) is 1. The van der Waals surface area contributed by atoms with E-state index in [2.05, 4.69) is 15.0 Å². The van der Waals surface area contributed by atoms with Crippen molar-refractivity contribution < 1.29 is 0 Å². The number of nitrogen functional groups attached to an aromatic ring is 1. The molecule has 2 N–H and O–H groups in total. The fourth-order valence-electron chi connectivity index (χ4n) is 1.11. The van der Waals surface area contributed by atoms with Crippen molar-refractivity contribution in [3.8, 4) is 0 Å². The molecule has 2 rings (SSSR count). The molecule has 0 spiro atoms. The lowest BCUT2D eigenvalue weighted by atomic mass is 10.4. The molecule has 0 aromatic carbocycles. The zero-order valence-electron chi connectivity index (χ0n) is 8.51. The summed E-state index contributed by atoms with van der Waals surface area (Å²) in [5.74, 6) is 0. The summed E-state index contributed by atoms with van der Waals surface area (Å²) < 4.78 is 0. The van der Waals surface area contributed by atoms with Gasteiger partial charge in [0.1, 0.15) is 10.2 Å². The predicted octanol–water partition coefficient (Wildman–Crippen LogP) is 2.57. The number of anilines is 1. The van der Waals surface area contributed by atoms with Crippen molar-refractivity contribution in [2.75, 3.05) is 5.73 Å². The van der Waals surface area contributed by atoms with Gasteiger partial charge in [-0.05, 0) is 36.9 Å². The molecule has 6 heteroatoms. The van der Waals surface area contributed by atoms with E-state index in [9.17, 15) is 0 Å². The largest absolute Gasteiger partial charge is 0.399 e. The first-order chi connectivity index (χ1) is 7.63. The molecule has 16 heavy (non-hydrogen) atoms. The van der Waals surface area contributed by atoms with Gasteiger partial charge in [0.15, 0.2) is 5.16 Å². The van der Waals surface area contributed by atoms with Gasteiger partial charge < -0.3 is 5.73 Å². The highest BCUT2D eigenvalue weighted by molar-refractivity contribution is 7.99. The number of aryl methyl sites for hydroxylation is 1. The van der Waals surface area contributed by atoms with Crippen molar-refractivity contribution in [1.82, 2.24) is 15.0 Å². The second-order valence-electron chi connectivity index (χ2n) is 3.14. The number of rotatable bonds is 2. The Balaban J connectivity index is 2.27. The molecule has 0 fully saturated rings. The molecule has 0 saturated carbocycles. The number of hydrogen-bond acceptors (Lipinski definition) is 5. The van der Waals surface area contributed by atoms with E-state index in [-0.39, 0.29) is 0 Å². The Morgan fingerprint density at radius 3 is 2.81 bits per heavy atom. The molecule has 0 atom stereocenters. The van der Waals surface area contributed by atoms with Gasteiger partial charge in [-0.1, -0.05) is 11.6 Å².